The molecule has 1 atom stereocenters. The number of rotatable bonds is 12. The third kappa shape index (κ3) is 7.59. The fourth-order valence-corrected chi connectivity index (χ4v) is 5.62. The highest BCUT2D eigenvalue weighted by Crippen LogP contribution is 2.27. The van der Waals surface area contributed by atoms with Crippen LogP contribution in [0.5, 0.6) is 5.75 Å². The molecular weight excluding hydrogens is 533 g/mol. The molecule has 0 radical (unpaired) electrons. The lowest BCUT2D eigenvalue weighted by molar-refractivity contribution is -0.140. The molecule has 3 aromatic rings. The maximum atomic E-state index is 14.0. The number of halogens is 1. The Kier molecular flexibility index (Phi) is 10.3. The number of anilines is 1. The van der Waals surface area contributed by atoms with Gasteiger partial charge >= 0.3 is 0 Å². The first-order chi connectivity index (χ1) is 19.0. The van der Waals surface area contributed by atoms with Gasteiger partial charge in [0, 0.05) is 12.6 Å². The summed E-state index contributed by atoms with van der Waals surface area (Å²) in [6.45, 7) is 6.69. The van der Waals surface area contributed by atoms with E-state index in [9.17, 15) is 22.4 Å². The van der Waals surface area contributed by atoms with Crippen LogP contribution in [0.15, 0.2) is 77.7 Å². The third-order valence-electron chi connectivity index (χ3n) is 6.33. The molecule has 0 saturated heterocycles. The largest absolute Gasteiger partial charge is 0.497 e. The van der Waals surface area contributed by atoms with Gasteiger partial charge in [-0.15, -0.1) is 0 Å². The second-order valence-electron chi connectivity index (χ2n) is 9.76. The molecule has 0 aliphatic carbocycles. The van der Waals surface area contributed by atoms with Crippen LogP contribution in [0.3, 0.4) is 0 Å². The van der Waals surface area contributed by atoms with Gasteiger partial charge in [-0.3, -0.25) is 13.9 Å². The van der Waals surface area contributed by atoms with E-state index in [0.29, 0.717) is 17.7 Å². The predicted octanol–water partition coefficient (Wildman–Crippen LogP) is 4.67. The van der Waals surface area contributed by atoms with E-state index in [1.54, 1.807) is 43.3 Å². The molecule has 10 heteroatoms. The summed E-state index contributed by atoms with van der Waals surface area (Å²) >= 11 is 0. The molecule has 0 fully saturated rings. The Morgan fingerprint density at radius 3 is 2.08 bits per heavy atom. The predicted molar refractivity (Wildman–Crippen MR) is 153 cm³/mol. The summed E-state index contributed by atoms with van der Waals surface area (Å²) in [6.07, 6.45) is 0.290. The van der Waals surface area contributed by atoms with Crippen molar-refractivity contribution < 1.29 is 27.1 Å². The number of carbonyl (C=O) groups excluding carboxylic acids is 2. The summed E-state index contributed by atoms with van der Waals surface area (Å²) in [5.74, 6) is -0.842. The Morgan fingerprint density at radius 2 is 1.55 bits per heavy atom. The Bertz CT molecular complexity index is 1390. The normalized spacial score (nSPS) is 12.1. The van der Waals surface area contributed by atoms with Gasteiger partial charge < -0.3 is 15.0 Å². The molecule has 3 rings (SSSR count). The lowest BCUT2D eigenvalue weighted by Crippen LogP contribution is -2.53. The molecule has 0 aliphatic heterocycles. The summed E-state index contributed by atoms with van der Waals surface area (Å²) in [5, 5.41) is 2.84. The number of carbonyl (C=O) groups is 2. The molecule has 0 unspecified atom stereocenters. The highest BCUT2D eigenvalue weighted by atomic mass is 32.2. The van der Waals surface area contributed by atoms with Gasteiger partial charge in [0.05, 0.1) is 17.7 Å². The summed E-state index contributed by atoms with van der Waals surface area (Å²) in [7, 11) is -2.67. The van der Waals surface area contributed by atoms with Gasteiger partial charge in [-0.2, -0.15) is 0 Å². The van der Waals surface area contributed by atoms with E-state index in [1.165, 1.54) is 48.4 Å². The average Bonchev–Trinajstić information content (AvgIpc) is 2.92. The Hall–Kier alpha value is -3.92. The van der Waals surface area contributed by atoms with E-state index in [0.717, 1.165) is 9.87 Å². The Morgan fingerprint density at radius 1 is 0.950 bits per heavy atom. The monoisotopic (exact) mass is 569 g/mol. The standard InChI is InChI=1S/C30H36FN3O5S/c1-6-28(30(36)32-21(2)3)33(19-23-9-11-24(31)12-10-23)29(35)20-34(25-13-15-26(39-5)16-14-25)40(37,38)27-17-7-22(4)8-18-27/h7-18,21,28H,6,19-20H2,1-5H3,(H,32,36)/t28-/m1/s1. The molecule has 0 aromatic heterocycles. The van der Waals surface area contributed by atoms with Gasteiger partial charge in [0.2, 0.25) is 11.8 Å². The maximum Gasteiger partial charge on any atom is 0.264 e. The number of ether oxygens (including phenoxy) is 1. The van der Waals surface area contributed by atoms with Gasteiger partial charge in [-0.25, -0.2) is 12.8 Å². The number of aryl methyl sites for hydroxylation is 1. The fraction of sp³-hybridized carbons (Fsp3) is 0.333. The number of hydrogen-bond donors (Lipinski definition) is 1. The molecule has 0 bridgehead atoms. The van der Waals surface area contributed by atoms with Crippen molar-refractivity contribution in [2.24, 2.45) is 0 Å². The van der Waals surface area contributed by atoms with Crippen LogP contribution in [-0.2, 0) is 26.2 Å². The fourth-order valence-electron chi connectivity index (χ4n) is 4.20. The summed E-state index contributed by atoms with van der Waals surface area (Å²) in [4.78, 5) is 28.5. The van der Waals surface area contributed by atoms with Crippen molar-refractivity contribution in [2.75, 3.05) is 18.0 Å². The number of sulfonamides is 1. The van der Waals surface area contributed by atoms with E-state index >= 15 is 0 Å². The number of benzene rings is 3. The summed E-state index contributed by atoms with van der Waals surface area (Å²) < 4.78 is 47.6. The molecule has 214 valence electrons. The Labute approximate surface area is 235 Å². The second-order valence-corrected chi connectivity index (χ2v) is 11.6. The lowest BCUT2D eigenvalue weighted by Gasteiger charge is -2.33. The average molecular weight is 570 g/mol. The van der Waals surface area contributed by atoms with Crippen LogP contribution in [0, 0.1) is 12.7 Å². The third-order valence-corrected chi connectivity index (χ3v) is 8.12. The molecule has 0 aliphatic rings. The van der Waals surface area contributed by atoms with Crippen LogP contribution >= 0.6 is 0 Å². The molecule has 0 heterocycles. The van der Waals surface area contributed by atoms with Crippen LogP contribution in [-0.4, -0.2) is 50.9 Å². The van der Waals surface area contributed by atoms with Crippen LogP contribution in [0.1, 0.15) is 38.3 Å². The van der Waals surface area contributed by atoms with Crippen LogP contribution < -0.4 is 14.4 Å². The molecule has 0 spiro atoms. The first-order valence-corrected chi connectivity index (χ1v) is 14.5. The topological polar surface area (TPSA) is 96.0 Å². The zero-order chi connectivity index (χ0) is 29.4. The molecule has 0 saturated carbocycles. The molecule has 3 aromatic carbocycles. The van der Waals surface area contributed by atoms with Gasteiger partial charge in [-0.05, 0) is 81.3 Å². The zero-order valence-electron chi connectivity index (χ0n) is 23.4. The number of nitrogens with zero attached hydrogens (tertiary/aromatic N) is 2. The number of hydrogen-bond acceptors (Lipinski definition) is 5. The van der Waals surface area contributed by atoms with Crippen molar-refractivity contribution in [2.45, 2.75) is 57.6 Å². The van der Waals surface area contributed by atoms with E-state index < -0.39 is 34.3 Å². The maximum absolute atomic E-state index is 14.0. The van der Waals surface area contributed by atoms with Crippen molar-refractivity contribution in [3.8, 4) is 5.75 Å². The smallest absolute Gasteiger partial charge is 0.264 e. The molecule has 8 nitrogen and oxygen atoms in total. The van der Waals surface area contributed by atoms with Gasteiger partial charge in [0.1, 0.15) is 24.2 Å². The van der Waals surface area contributed by atoms with E-state index in [2.05, 4.69) is 5.32 Å². The first kappa shape index (κ1) is 30.6. The van der Waals surface area contributed by atoms with Gasteiger partial charge in [0.15, 0.2) is 0 Å². The van der Waals surface area contributed by atoms with Gasteiger partial charge in [-0.1, -0.05) is 36.8 Å². The minimum atomic E-state index is -4.17. The number of methoxy groups -OCH3 is 1. The lowest BCUT2D eigenvalue weighted by atomic mass is 10.1. The molecule has 1 N–H and O–H groups in total. The zero-order valence-corrected chi connectivity index (χ0v) is 24.2. The number of amides is 2. The molecular formula is C30H36FN3O5S. The second kappa shape index (κ2) is 13.4. The van der Waals surface area contributed by atoms with E-state index in [4.69, 9.17) is 4.74 Å². The highest BCUT2D eigenvalue weighted by Gasteiger charge is 2.33. The Balaban J connectivity index is 2.06. The molecule has 2 amide bonds. The van der Waals surface area contributed by atoms with Crippen molar-refractivity contribution in [3.63, 3.8) is 0 Å². The van der Waals surface area contributed by atoms with Crippen LogP contribution in [0.4, 0.5) is 10.1 Å². The summed E-state index contributed by atoms with van der Waals surface area (Å²) in [5.41, 5.74) is 1.75. The van der Waals surface area contributed by atoms with E-state index in [1.807, 2.05) is 20.8 Å². The SMILES string of the molecule is CC[C@H](C(=O)NC(C)C)N(Cc1ccc(F)cc1)C(=O)CN(c1ccc(OC)cc1)S(=O)(=O)c1ccc(C)cc1. The van der Waals surface area contributed by atoms with Gasteiger partial charge in [0.25, 0.3) is 10.0 Å². The van der Waals surface area contributed by atoms with Crippen LogP contribution in [0.25, 0.3) is 0 Å². The quantitative estimate of drug-likeness (QED) is 0.342. The minimum absolute atomic E-state index is 0.00975. The molecule has 40 heavy (non-hydrogen) atoms. The summed E-state index contributed by atoms with van der Waals surface area (Å²) in [6, 6.07) is 17.3. The number of nitrogens with one attached hydrogen (secondary N) is 1. The van der Waals surface area contributed by atoms with E-state index in [-0.39, 0.29) is 29.1 Å². The van der Waals surface area contributed by atoms with Crippen molar-refractivity contribution in [3.05, 3.63) is 89.7 Å². The first-order valence-electron chi connectivity index (χ1n) is 13.0. The highest BCUT2D eigenvalue weighted by molar-refractivity contribution is 7.92. The van der Waals surface area contributed by atoms with Crippen molar-refractivity contribution >= 4 is 27.5 Å². The minimum Gasteiger partial charge on any atom is -0.497 e. The van der Waals surface area contributed by atoms with Crippen molar-refractivity contribution in [1.29, 1.82) is 0 Å². The van der Waals surface area contributed by atoms with Crippen LogP contribution in [0.2, 0.25) is 0 Å². The van der Waals surface area contributed by atoms with Crippen molar-refractivity contribution in [1.82, 2.24) is 10.2 Å².